The number of rotatable bonds is 11. The van der Waals surface area contributed by atoms with Gasteiger partial charge in [0.15, 0.2) is 0 Å². The van der Waals surface area contributed by atoms with Crippen LogP contribution in [0.5, 0.6) is 0 Å². The van der Waals surface area contributed by atoms with Gasteiger partial charge in [-0.15, -0.1) is 0 Å². The molecule has 0 aliphatic carbocycles. The Balaban J connectivity index is 4.21. The van der Waals surface area contributed by atoms with Gasteiger partial charge in [-0.1, -0.05) is 33.6 Å². The first-order valence-corrected chi connectivity index (χ1v) is 7.69. The molecule has 19 heavy (non-hydrogen) atoms. The first-order valence-electron chi connectivity index (χ1n) is 7.69. The van der Waals surface area contributed by atoms with Gasteiger partial charge in [-0.3, -0.25) is 4.79 Å². The lowest BCUT2D eigenvalue weighted by Crippen LogP contribution is -2.50. The normalized spacial score (nSPS) is 13.3. The Morgan fingerprint density at radius 3 is 2.26 bits per heavy atom. The van der Waals surface area contributed by atoms with E-state index in [0.717, 1.165) is 38.5 Å². The second kappa shape index (κ2) is 10.2. The highest BCUT2D eigenvalue weighted by Crippen LogP contribution is 2.18. The number of amides is 1. The largest absolute Gasteiger partial charge is 0.394 e. The van der Waals surface area contributed by atoms with Crippen LogP contribution < -0.4 is 11.1 Å². The van der Waals surface area contributed by atoms with Crippen molar-refractivity contribution < 1.29 is 9.90 Å². The Labute approximate surface area is 118 Å². The lowest BCUT2D eigenvalue weighted by molar-refractivity contribution is -0.124. The summed E-state index contributed by atoms with van der Waals surface area (Å²) in [6, 6.07) is 0. The van der Waals surface area contributed by atoms with E-state index in [1.54, 1.807) is 0 Å². The van der Waals surface area contributed by atoms with Crippen LogP contribution in [0.1, 0.15) is 65.7 Å². The summed E-state index contributed by atoms with van der Waals surface area (Å²) < 4.78 is 0. The van der Waals surface area contributed by atoms with Crippen LogP contribution in [0.25, 0.3) is 0 Å². The molecule has 0 heterocycles. The number of aliphatic hydroxyl groups is 1. The molecular formula is C15H32N2O2. The monoisotopic (exact) mass is 272 g/mol. The van der Waals surface area contributed by atoms with E-state index in [-0.39, 0.29) is 12.5 Å². The molecule has 0 aliphatic rings. The zero-order valence-electron chi connectivity index (χ0n) is 12.9. The van der Waals surface area contributed by atoms with Gasteiger partial charge in [-0.25, -0.2) is 0 Å². The van der Waals surface area contributed by atoms with Gasteiger partial charge in [0.25, 0.3) is 0 Å². The third-order valence-corrected chi connectivity index (χ3v) is 4.11. The number of nitrogens with two attached hydrogens (primary N) is 1. The Morgan fingerprint density at radius 2 is 1.84 bits per heavy atom. The van der Waals surface area contributed by atoms with Crippen molar-refractivity contribution in [2.75, 3.05) is 13.2 Å². The molecule has 1 unspecified atom stereocenters. The fourth-order valence-corrected chi connectivity index (χ4v) is 2.46. The van der Waals surface area contributed by atoms with E-state index < -0.39 is 5.54 Å². The van der Waals surface area contributed by atoms with Gasteiger partial charge in [0.05, 0.1) is 12.1 Å². The zero-order chi connectivity index (χ0) is 14.7. The minimum Gasteiger partial charge on any atom is -0.394 e. The standard InChI is InChI=1S/C15H32N2O2/c1-4-7-13(10-11-16)8-9-14(19)17-15(5-2,6-3)12-18/h13,18H,4-12,16H2,1-3H3,(H,17,19). The van der Waals surface area contributed by atoms with Gasteiger partial charge < -0.3 is 16.2 Å². The van der Waals surface area contributed by atoms with E-state index in [0.29, 0.717) is 18.9 Å². The third-order valence-electron chi connectivity index (χ3n) is 4.11. The van der Waals surface area contributed by atoms with E-state index in [4.69, 9.17) is 5.73 Å². The minimum atomic E-state index is -0.439. The second-order valence-electron chi connectivity index (χ2n) is 5.46. The fraction of sp³-hybridized carbons (Fsp3) is 0.933. The fourth-order valence-electron chi connectivity index (χ4n) is 2.46. The van der Waals surface area contributed by atoms with E-state index >= 15 is 0 Å². The number of nitrogens with one attached hydrogen (secondary N) is 1. The summed E-state index contributed by atoms with van der Waals surface area (Å²) in [6.07, 6.45) is 6.21. The predicted molar refractivity (Wildman–Crippen MR) is 79.8 cm³/mol. The summed E-state index contributed by atoms with van der Waals surface area (Å²) >= 11 is 0. The van der Waals surface area contributed by atoms with Crippen molar-refractivity contribution in [1.29, 1.82) is 0 Å². The van der Waals surface area contributed by atoms with E-state index in [2.05, 4.69) is 12.2 Å². The van der Waals surface area contributed by atoms with Crippen molar-refractivity contribution >= 4 is 5.91 Å². The molecule has 0 rings (SSSR count). The number of aliphatic hydroxyl groups excluding tert-OH is 1. The van der Waals surface area contributed by atoms with Crippen LogP contribution in [0, 0.1) is 5.92 Å². The highest BCUT2D eigenvalue weighted by Gasteiger charge is 2.27. The summed E-state index contributed by atoms with van der Waals surface area (Å²) in [7, 11) is 0. The first kappa shape index (κ1) is 18.4. The molecule has 4 N–H and O–H groups in total. The lowest BCUT2D eigenvalue weighted by Gasteiger charge is -2.31. The molecular weight excluding hydrogens is 240 g/mol. The summed E-state index contributed by atoms with van der Waals surface area (Å²) in [5, 5.41) is 12.4. The Hall–Kier alpha value is -0.610. The average Bonchev–Trinajstić information content (AvgIpc) is 2.43. The number of carbonyl (C=O) groups is 1. The maximum absolute atomic E-state index is 12.0. The molecule has 0 spiro atoms. The van der Waals surface area contributed by atoms with Crippen LogP contribution in [0.4, 0.5) is 0 Å². The Kier molecular flexibility index (Phi) is 9.88. The first-order chi connectivity index (χ1) is 9.07. The summed E-state index contributed by atoms with van der Waals surface area (Å²) in [5.74, 6) is 0.600. The third kappa shape index (κ3) is 6.92. The maximum Gasteiger partial charge on any atom is 0.220 e. The molecule has 0 aliphatic heterocycles. The molecule has 0 saturated heterocycles. The smallest absolute Gasteiger partial charge is 0.220 e. The van der Waals surface area contributed by atoms with E-state index in [1.165, 1.54) is 0 Å². The zero-order valence-corrected chi connectivity index (χ0v) is 12.9. The predicted octanol–water partition coefficient (Wildman–Crippen LogP) is 2.20. The number of hydrogen-bond acceptors (Lipinski definition) is 3. The molecule has 0 radical (unpaired) electrons. The molecule has 4 heteroatoms. The van der Waals surface area contributed by atoms with E-state index in [1.807, 2.05) is 13.8 Å². The summed E-state index contributed by atoms with van der Waals surface area (Å²) in [5.41, 5.74) is 5.16. The van der Waals surface area contributed by atoms with Gasteiger partial charge >= 0.3 is 0 Å². The van der Waals surface area contributed by atoms with Crippen molar-refractivity contribution in [1.82, 2.24) is 5.32 Å². The van der Waals surface area contributed by atoms with Crippen molar-refractivity contribution in [3.8, 4) is 0 Å². The van der Waals surface area contributed by atoms with Crippen LogP contribution in [0.2, 0.25) is 0 Å². The van der Waals surface area contributed by atoms with Gasteiger partial charge in [-0.05, 0) is 38.1 Å². The maximum atomic E-state index is 12.0. The summed E-state index contributed by atoms with van der Waals surface area (Å²) in [4.78, 5) is 12.0. The highest BCUT2D eigenvalue weighted by atomic mass is 16.3. The quantitative estimate of drug-likeness (QED) is 0.540. The molecule has 0 bridgehead atoms. The topological polar surface area (TPSA) is 75.4 Å². The van der Waals surface area contributed by atoms with Gasteiger partial charge in [0.1, 0.15) is 0 Å². The molecule has 0 fully saturated rings. The van der Waals surface area contributed by atoms with Crippen LogP contribution in [-0.2, 0) is 4.79 Å². The van der Waals surface area contributed by atoms with Crippen molar-refractivity contribution in [3.63, 3.8) is 0 Å². The Morgan fingerprint density at radius 1 is 1.21 bits per heavy atom. The SMILES string of the molecule is CCCC(CCN)CCC(=O)NC(CC)(CC)CO. The Bertz CT molecular complexity index is 226. The number of carbonyl (C=O) groups excluding carboxylic acids is 1. The van der Waals surface area contributed by atoms with Gasteiger partial charge in [-0.2, -0.15) is 0 Å². The molecule has 0 saturated carbocycles. The molecule has 0 aromatic heterocycles. The van der Waals surface area contributed by atoms with E-state index in [9.17, 15) is 9.90 Å². The molecule has 114 valence electrons. The minimum absolute atomic E-state index is 0.00687. The van der Waals surface area contributed by atoms with Gasteiger partial charge in [0, 0.05) is 6.42 Å². The molecule has 1 amide bonds. The van der Waals surface area contributed by atoms with Crippen molar-refractivity contribution in [2.45, 2.75) is 71.3 Å². The molecule has 1 atom stereocenters. The van der Waals surface area contributed by atoms with Gasteiger partial charge in [0.2, 0.25) is 5.91 Å². The van der Waals surface area contributed by atoms with Crippen LogP contribution in [-0.4, -0.2) is 29.7 Å². The van der Waals surface area contributed by atoms with Crippen molar-refractivity contribution in [3.05, 3.63) is 0 Å². The molecule has 0 aromatic rings. The average molecular weight is 272 g/mol. The van der Waals surface area contributed by atoms with Crippen molar-refractivity contribution in [2.24, 2.45) is 11.7 Å². The lowest BCUT2D eigenvalue weighted by atomic mass is 9.92. The highest BCUT2D eigenvalue weighted by molar-refractivity contribution is 5.76. The molecule has 0 aromatic carbocycles. The second-order valence-corrected chi connectivity index (χ2v) is 5.46. The summed E-state index contributed by atoms with van der Waals surface area (Å²) in [6.45, 7) is 6.85. The molecule has 4 nitrogen and oxygen atoms in total. The van der Waals surface area contributed by atoms with Crippen LogP contribution >= 0.6 is 0 Å². The van der Waals surface area contributed by atoms with Crippen LogP contribution in [0.15, 0.2) is 0 Å². The number of hydrogen-bond donors (Lipinski definition) is 3. The van der Waals surface area contributed by atoms with Crippen LogP contribution in [0.3, 0.4) is 0 Å².